The van der Waals surface area contributed by atoms with Crippen molar-refractivity contribution < 1.29 is 14.6 Å². The first-order valence-electron chi connectivity index (χ1n) is 6.01. The van der Waals surface area contributed by atoms with Crippen molar-refractivity contribution in [2.24, 2.45) is 5.41 Å². The first kappa shape index (κ1) is 14.6. The summed E-state index contributed by atoms with van der Waals surface area (Å²) in [7, 11) is 3.27. The molecule has 0 aliphatic rings. The Morgan fingerprint density at radius 3 is 2.39 bits per heavy atom. The number of ether oxygens (including phenoxy) is 2. The molecule has 0 fully saturated rings. The number of rotatable bonds is 6. The molecule has 1 aromatic carbocycles. The van der Waals surface area contributed by atoms with Crippen LogP contribution in [0.25, 0.3) is 0 Å². The van der Waals surface area contributed by atoms with Crippen LogP contribution in [0.15, 0.2) is 12.1 Å². The Bertz CT molecular complexity index is 402. The van der Waals surface area contributed by atoms with Crippen LogP contribution in [0.3, 0.4) is 0 Å². The highest BCUT2D eigenvalue weighted by Crippen LogP contribution is 2.33. The maximum Gasteiger partial charge on any atom is 0.145 e. The lowest BCUT2D eigenvalue weighted by atomic mass is 9.94. The van der Waals surface area contributed by atoms with Crippen molar-refractivity contribution in [1.29, 1.82) is 0 Å². The molecule has 0 amide bonds. The molecule has 0 aromatic heterocycles. The van der Waals surface area contributed by atoms with Crippen LogP contribution in [0.1, 0.15) is 19.4 Å². The molecule has 0 unspecified atom stereocenters. The van der Waals surface area contributed by atoms with Gasteiger partial charge in [-0.2, -0.15) is 0 Å². The summed E-state index contributed by atoms with van der Waals surface area (Å²) in [5.41, 5.74) is 1.83. The first-order chi connectivity index (χ1) is 8.43. The molecular weight excluding hydrogens is 230 g/mol. The summed E-state index contributed by atoms with van der Waals surface area (Å²) < 4.78 is 10.6. The zero-order valence-corrected chi connectivity index (χ0v) is 11.8. The van der Waals surface area contributed by atoms with E-state index >= 15 is 0 Å². The predicted octanol–water partition coefficient (Wildman–Crippen LogP) is 2.44. The number of aliphatic hydroxyl groups is 1. The van der Waals surface area contributed by atoms with Crippen LogP contribution in [0.5, 0.6) is 11.5 Å². The minimum Gasteiger partial charge on any atom is -0.497 e. The van der Waals surface area contributed by atoms with Crippen LogP contribution in [-0.4, -0.2) is 32.5 Å². The quantitative estimate of drug-likeness (QED) is 0.817. The summed E-state index contributed by atoms with van der Waals surface area (Å²) >= 11 is 0. The van der Waals surface area contributed by atoms with Gasteiger partial charge in [0.15, 0.2) is 0 Å². The third-order valence-corrected chi connectivity index (χ3v) is 2.90. The van der Waals surface area contributed by atoms with Gasteiger partial charge in [-0.15, -0.1) is 0 Å². The van der Waals surface area contributed by atoms with E-state index < -0.39 is 0 Å². The van der Waals surface area contributed by atoms with Gasteiger partial charge in [-0.25, -0.2) is 0 Å². The van der Waals surface area contributed by atoms with E-state index in [9.17, 15) is 5.11 Å². The van der Waals surface area contributed by atoms with Crippen molar-refractivity contribution in [3.8, 4) is 11.5 Å². The van der Waals surface area contributed by atoms with E-state index in [0.29, 0.717) is 6.54 Å². The Morgan fingerprint density at radius 1 is 1.22 bits per heavy atom. The van der Waals surface area contributed by atoms with Gasteiger partial charge in [0.05, 0.1) is 19.9 Å². The fourth-order valence-corrected chi connectivity index (χ4v) is 1.61. The molecule has 0 spiro atoms. The smallest absolute Gasteiger partial charge is 0.145 e. The first-order valence-corrected chi connectivity index (χ1v) is 6.01. The molecule has 0 atom stereocenters. The molecule has 102 valence electrons. The van der Waals surface area contributed by atoms with E-state index in [0.717, 1.165) is 22.7 Å². The Morgan fingerprint density at radius 2 is 1.89 bits per heavy atom. The monoisotopic (exact) mass is 253 g/mol. The van der Waals surface area contributed by atoms with Crippen LogP contribution in [0.4, 0.5) is 5.69 Å². The number of anilines is 1. The van der Waals surface area contributed by atoms with Gasteiger partial charge in [-0.3, -0.25) is 0 Å². The van der Waals surface area contributed by atoms with Gasteiger partial charge in [0.1, 0.15) is 11.5 Å². The molecule has 0 radical (unpaired) electrons. The van der Waals surface area contributed by atoms with Crippen molar-refractivity contribution in [2.75, 3.05) is 32.7 Å². The summed E-state index contributed by atoms with van der Waals surface area (Å²) in [6.07, 6.45) is 0. The third kappa shape index (κ3) is 3.53. The molecular formula is C14H23NO3. The predicted molar refractivity (Wildman–Crippen MR) is 73.6 cm³/mol. The summed E-state index contributed by atoms with van der Waals surface area (Å²) in [6, 6.07) is 3.80. The highest BCUT2D eigenvalue weighted by Gasteiger charge is 2.18. The standard InChI is InChI=1S/C14H23NO3/c1-10-6-11(17-4)7-12(18-5)13(10)15-8-14(2,3)9-16/h6-7,15-16H,8-9H2,1-5H3. The Kier molecular flexibility index (Phi) is 4.84. The van der Waals surface area contributed by atoms with Crippen LogP contribution < -0.4 is 14.8 Å². The number of hydrogen-bond donors (Lipinski definition) is 2. The second-order valence-corrected chi connectivity index (χ2v) is 5.20. The number of aliphatic hydroxyl groups excluding tert-OH is 1. The zero-order chi connectivity index (χ0) is 13.8. The van der Waals surface area contributed by atoms with Crippen LogP contribution >= 0.6 is 0 Å². The van der Waals surface area contributed by atoms with E-state index in [4.69, 9.17) is 9.47 Å². The molecule has 0 saturated carbocycles. The molecule has 18 heavy (non-hydrogen) atoms. The van der Waals surface area contributed by atoms with Crippen LogP contribution in [0.2, 0.25) is 0 Å². The topological polar surface area (TPSA) is 50.7 Å². The fourth-order valence-electron chi connectivity index (χ4n) is 1.61. The Hall–Kier alpha value is -1.42. The van der Waals surface area contributed by atoms with Gasteiger partial charge in [0, 0.05) is 24.6 Å². The molecule has 0 aliphatic heterocycles. The molecule has 0 aliphatic carbocycles. The molecule has 0 saturated heterocycles. The van der Waals surface area contributed by atoms with Crippen LogP contribution in [-0.2, 0) is 0 Å². The highest BCUT2D eigenvalue weighted by molar-refractivity contribution is 5.64. The second-order valence-electron chi connectivity index (χ2n) is 5.20. The van der Waals surface area contributed by atoms with E-state index in [1.54, 1.807) is 14.2 Å². The number of aryl methyl sites for hydroxylation is 1. The third-order valence-electron chi connectivity index (χ3n) is 2.90. The summed E-state index contributed by atoms with van der Waals surface area (Å²) in [5.74, 6) is 1.52. The number of nitrogens with one attached hydrogen (secondary N) is 1. The van der Waals surface area contributed by atoms with Crippen molar-refractivity contribution >= 4 is 5.69 Å². The Labute approximate surface area is 109 Å². The van der Waals surface area contributed by atoms with Crippen molar-refractivity contribution in [1.82, 2.24) is 0 Å². The second kappa shape index (κ2) is 5.96. The Balaban J connectivity index is 2.94. The number of methoxy groups -OCH3 is 2. The average molecular weight is 253 g/mol. The number of benzene rings is 1. The highest BCUT2D eigenvalue weighted by atomic mass is 16.5. The maximum atomic E-state index is 9.26. The summed E-state index contributed by atoms with van der Waals surface area (Å²) in [4.78, 5) is 0. The van der Waals surface area contributed by atoms with Crippen molar-refractivity contribution in [3.63, 3.8) is 0 Å². The van der Waals surface area contributed by atoms with Crippen molar-refractivity contribution in [3.05, 3.63) is 17.7 Å². The zero-order valence-electron chi connectivity index (χ0n) is 11.8. The lowest BCUT2D eigenvalue weighted by Crippen LogP contribution is -2.27. The largest absolute Gasteiger partial charge is 0.497 e. The normalized spacial score (nSPS) is 11.2. The van der Waals surface area contributed by atoms with Gasteiger partial charge in [0.2, 0.25) is 0 Å². The summed E-state index contributed by atoms with van der Waals surface area (Å²) in [5, 5.41) is 12.6. The minimum atomic E-state index is -0.169. The minimum absolute atomic E-state index is 0.136. The lowest BCUT2D eigenvalue weighted by molar-refractivity contribution is 0.170. The molecule has 2 N–H and O–H groups in total. The molecule has 1 rings (SSSR count). The molecule has 4 nitrogen and oxygen atoms in total. The van der Waals surface area contributed by atoms with E-state index in [1.165, 1.54) is 0 Å². The van der Waals surface area contributed by atoms with Gasteiger partial charge in [-0.05, 0) is 18.6 Å². The average Bonchev–Trinajstić information content (AvgIpc) is 2.36. The van der Waals surface area contributed by atoms with E-state index in [-0.39, 0.29) is 12.0 Å². The van der Waals surface area contributed by atoms with E-state index in [2.05, 4.69) is 5.32 Å². The fraction of sp³-hybridized carbons (Fsp3) is 0.571. The number of hydrogen-bond acceptors (Lipinski definition) is 4. The van der Waals surface area contributed by atoms with Gasteiger partial charge >= 0.3 is 0 Å². The molecule has 4 heteroatoms. The molecule has 0 bridgehead atoms. The molecule has 0 heterocycles. The SMILES string of the molecule is COc1cc(C)c(NCC(C)(C)CO)c(OC)c1. The van der Waals surface area contributed by atoms with Crippen molar-refractivity contribution in [2.45, 2.75) is 20.8 Å². The van der Waals surface area contributed by atoms with Gasteiger partial charge in [-0.1, -0.05) is 13.8 Å². The lowest BCUT2D eigenvalue weighted by Gasteiger charge is -2.24. The molecule has 1 aromatic rings. The maximum absolute atomic E-state index is 9.26. The van der Waals surface area contributed by atoms with E-state index in [1.807, 2.05) is 32.9 Å². The van der Waals surface area contributed by atoms with Gasteiger partial charge < -0.3 is 19.9 Å². The van der Waals surface area contributed by atoms with Gasteiger partial charge in [0.25, 0.3) is 0 Å². The summed E-state index contributed by atoms with van der Waals surface area (Å²) in [6.45, 7) is 6.82. The van der Waals surface area contributed by atoms with Crippen LogP contribution in [0, 0.1) is 12.3 Å².